The van der Waals surface area contributed by atoms with E-state index in [2.05, 4.69) is 64.9 Å². The second kappa shape index (κ2) is 8.87. The lowest BCUT2D eigenvalue weighted by atomic mass is 9.87. The summed E-state index contributed by atoms with van der Waals surface area (Å²) >= 11 is 4.61. The normalized spacial score (nSPS) is 19.9. The Morgan fingerprint density at radius 3 is 2.66 bits per heavy atom. The van der Waals surface area contributed by atoms with Crippen LogP contribution in [0.5, 0.6) is 0 Å². The van der Waals surface area contributed by atoms with Gasteiger partial charge in [-0.3, -0.25) is 4.79 Å². The summed E-state index contributed by atoms with van der Waals surface area (Å²) in [6.45, 7) is 9.32. The van der Waals surface area contributed by atoms with Crippen LogP contribution in [-0.4, -0.2) is 23.2 Å². The van der Waals surface area contributed by atoms with Crippen LogP contribution in [0.1, 0.15) is 45.2 Å². The van der Waals surface area contributed by atoms with Gasteiger partial charge in [-0.25, -0.2) is 9.38 Å². The molecule has 1 N–H and O–H groups in total. The Morgan fingerprint density at radius 1 is 1.25 bits per heavy atom. The van der Waals surface area contributed by atoms with Crippen molar-refractivity contribution in [3.05, 3.63) is 68.8 Å². The first-order valence-corrected chi connectivity index (χ1v) is 12.1. The molecule has 7 heteroatoms. The van der Waals surface area contributed by atoms with Crippen LogP contribution in [-0.2, 0) is 4.79 Å². The molecule has 4 nitrogen and oxygen atoms in total. The Kier molecular flexibility index (Phi) is 6.32. The van der Waals surface area contributed by atoms with Gasteiger partial charge in [-0.1, -0.05) is 28.9 Å². The van der Waals surface area contributed by atoms with Crippen molar-refractivity contribution in [2.75, 3.05) is 11.4 Å². The van der Waals surface area contributed by atoms with Gasteiger partial charge in [-0.2, -0.15) is 0 Å². The van der Waals surface area contributed by atoms with Gasteiger partial charge >= 0.3 is 0 Å². The van der Waals surface area contributed by atoms with Crippen molar-refractivity contribution in [3.8, 4) is 0 Å². The van der Waals surface area contributed by atoms with E-state index >= 15 is 4.39 Å². The summed E-state index contributed by atoms with van der Waals surface area (Å²) < 4.78 is 16.1. The number of thioether (sulfide) groups is 1. The van der Waals surface area contributed by atoms with E-state index in [9.17, 15) is 4.79 Å². The van der Waals surface area contributed by atoms with Crippen LogP contribution < -0.4 is 10.2 Å². The molecule has 2 aliphatic heterocycles. The minimum Gasteiger partial charge on any atom is -0.362 e. The first kappa shape index (κ1) is 22.8. The molecule has 0 aliphatic carbocycles. The molecule has 32 heavy (non-hydrogen) atoms. The van der Waals surface area contributed by atoms with Crippen LogP contribution in [0.15, 0.2) is 56.8 Å². The minimum absolute atomic E-state index is 0.181. The second-order valence-electron chi connectivity index (χ2n) is 8.48. The fourth-order valence-corrected chi connectivity index (χ4v) is 5.21. The van der Waals surface area contributed by atoms with Gasteiger partial charge in [0.05, 0.1) is 16.1 Å². The summed E-state index contributed by atoms with van der Waals surface area (Å²) in [5.74, 6) is -0.612. The topological polar surface area (TPSA) is 44.7 Å². The molecule has 2 aromatic rings. The number of fused-ring (bicyclic) bond motifs is 1. The van der Waals surface area contributed by atoms with Gasteiger partial charge in [0, 0.05) is 27.8 Å². The highest BCUT2D eigenvalue weighted by Gasteiger charge is 2.32. The van der Waals surface area contributed by atoms with Gasteiger partial charge < -0.3 is 10.2 Å². The minimum atomic E-state index is -0.338. The van der Waals surface area contributed by atoms with Crippen LogP contribution in [0.2, 0.25) is 0 Å². The number of nitrogens with zero attached hydrogens (tertiary/aromatic N) is 2. The Hall–Kier alpha value is -2.38. The number of carbonyl (C=O) groups excluding carboxylic acids is 1. The van der Waals surface area contributed by atoms with Crippen molar-refractivity contribution in [1.29, 1.82) is 0 Å². The Balaban J connectivity index is 1.67. The standard InChI is InChI=1S/C25H25BrFN3OS/c1-5-10-30-21-13-20(27)16(11-19(21)15(2)14-25(30,3)4)12-22-23(31)29-24(32-22)28-18-8-6-17(26)7-9-18/h6-9,11-14H,5,10H2,1-4H3,(H,28,29,31)/b22-12+. The summed E-state index contributed by atoms with van der Waals surface area (Å²) in [6, 6.07) is 10.9. The SMILES string of the molecule is CCCN1c2cc(F)c(/C=C3/SC(=Nc4ccc(Br)cc4)NC3=O)cc2C(C)=CC1(C)C. The molecule has 4 rings (SSSR count). The zero-order valence-electron chi connectivity index (χ0n) is 18.5. The number of amidine groups is 1. The third kappa shape index (κ3) is 4.55. The summed E-state index contributed by atoms with van der Waals surface area (Å²) in [5, 5.41) is 3.24. The molecule has 2 aromatic carbocycles. The van der Waals surface area contributed by atoms with Crippen molar-refractivity contribution >= 4 is 61.8 Å². The molecular formula is C25H25BrFN3OS. The van der Waals surface area contributed by atoms with E-state index in [0.717, 1.165) is 39.9 Å². The van der Waals surface area contributed by atoms with Crippen LogP contribution in [0.4, 0.5) is 15.8 Å². The predicted octanol–water partition coefficient (Wildman–Crippen LogP) is 6.89. The van der Waals surface area contributed by atoms with E-state index < -0.39 is 0 Å². The van der Waals surface area contributed by atoms with Crippen LogP contribution in [0, 0.1) is 5.82 Å². The van der Waals surface area contributed by atoms with Gasteiger partial charge in [0.15, 0.2) is 5.17 Å². The molecule has 0 atom stereocenters. The number of aliphatic imine (C=N–C) groups is 1. The molecule has 2 heterocycles. The number of halogens is 2. The number of allylic oxidation sites excluding steroid dienone is 1. The van der Waals surface area contributed by atoms with E-state index in [0.29, 0.717) is 15.6 Å². The molecule has 2 aliphatic rings. The van der Waals surface area contributed by atoms with Gasteiger partial charge in [0.1, 0.15) is 5.82 Å². The summed E-state index contributed by atoms with van der Waals surface area (Å²) in [5.41, 5.74) is 3.96. The molecule has 0 spiro atoms. The van der Waals surface area contributed by atoms with Crippen LogP contribution in [0.25, 0.3) is 11.6 Å². The van der Waals surface area contributed by atoms with Crippen molar-refractivity contribution in [3.63, 3.8) is 0 Å². The highest BCUT2D eigenvalue weighted by Crippen LogP contribution is 2.41. The van der Waals surface area contributed by atoms with E-state index in [4.69, 9.17) is 0 Å². The summed E-state index contributed by atoms with van der Waals surface area (Å²) in [6.07, 6.45) is 4.80. The Morgan fingerprint density at radius 2 is 1.97 bits per heavy atom. The number of carbonyl (C=O) groups is 1. The van der Waals surface area contributed by atoms with Crippen molar-refractivity contribution in [2.24, 2.45) is 4.99 Å². The maximum Gasteiger partial charge on any atom is 0.264 e. The zero-order valence-corrected chi connectivity index (χ0v) is 20.9. The average molecular weight is 514 g/mol. The van der Waals surface area contributed by atoms with Gasteiger partial charge in [0.2, 0.25) is 0 Å². The van der Waals surface area contributed by atoms with Gasteiger partial charge in [-0.05, 0) is 87.0 Å². The summed E-state index contributed by atoms with van der Waals surface area (Å²) in [7, 11) is 0. The van der Waals surface area contributed by atoms with E-state index in [1.165, 1.54) is 11.8 Å². The largest absolute Gasteiger partial charge is 0.362 e. The highest BCUT2D eigenvalue weighted by atomic mass is 79.9. The number of hydrogen-bond donors (Lipinski definition) is 1. The monoisotopic (exact) mass is 513 g/mol. The van der Waals surface area contributed by atoms with E-state index in [1.807, 2.05) is 30.3 Å². The van der Waals surface area contributed by atoms with Crippen molar-refractivity contribution < 1.29 is 9.18 Å². The average Bonchev–Trinajstić information content (AvgIpc) is 3.06. The number of benzene rings is 2. The maximum atomic E-state index is 15.2. The van der Waals surface area contributed by atoms with Gasteiger partial charge in [-0.15, -0.1) is 0 Å². The number of rotatable bonds is 4. The van der Waals surface area contributed by atoms with Crippen LogP contribution >= 0.6 is 27.7 Å². The highest BCUT2D eigenvalue weighted by molar-refractivity contribution is 9.10. The lowest BCUT2D eigenvalue weighted by molar-refractivity contribution is -0.115. The van der Waals surface area contributed by atoms with Gasteiger partial charge in [0.25, 0.3) is 5.91 Å². The Bertz CT molecular complexity index is 1170. The number of nitrogens with one attached hydrogen (secondary N) is 1. The van der Waals surface area contributed by atoms with Crippen molar-refractivity contribution in [1.82, 2.24) is 5.32 Å². The first-order chi connectivity index (χ1) is 15.2. The lowest BCUT2D eigenvalue weighted by Gasteiger charge is -2.43. The second-order valence-corrected chi connectivity index (χ2v) is 10.4. The molecule has 0 aromatic heterocycles. The predicted molar refractivity (Wildman–Crippen MR) is 137 cm³/mol. The molecular weight excluding hydrogens is 489 g/mol. The molecule has 0 radical (unpaired) electrons. The number of amides is 1. The lowest BCUT2D eigenvalue weighted by Crippen LogP contribution is -2.45. The molecule has 0 saturated carbocycles. The molecule has 0 unspecified atom stereocenters. The molecule has 1 amide bonds. The quantitative estimate of drug-likeness (QED) is 0.452. The van der Waals surface area contributed by atoms with E-state index in [-0.39, 0.29) is 17.3 Å². The molecule has 0 bridgehead atoms. The van der Waals surface area contributed by atoms with Crippen molar-refractivity contribution in [2.45, 2.75) is 39.7 Å². The van der Waals surface area contributed by atoms with Crippen LogP contribution in [0.3, 0.4) is 0 Å². The summed E-state index contributed by atoms with van der Waals surface area (Å²) in [4.78, 5) is 19.6. The van der Waals surface area contributed by atoms with E-state index in [1.54, 1.807) is 12.1 Å². The Labute approximate surface area is 200 Å². The molecule has 1 fully saturated rings. The number of anilines is 1. The fraction of sp³-hybridized carbons (Fsp3) is 0.280. The first-order valence-electron chi connectivity index (χ1n) is 10.5. The third-order valence-electron chi connectivity index (χ3n) is 5.54. The fourth-order valence-electron chi connectivity index (χ4n) is 4.11. The third-order valence-corrected chi connectivity index (χ3v) is 6.98. The smallest absolute Gasteiger partial charge is 0.264 e. The maximum absolute atomic E-state index is 15.2. The molecule has 1 saturated heterocycles. The molecule has 166 valence electrons. The number of hydrogen-bond acceptors (Lipinski definition) is 4. The zero-order chi connectivity index (χ0) is 23.0.